The fourth-order valence-electron chi connectivity index (χ4n) is 2.39. The molecule has 1 unspecified atom stereocenters. The summed E-state index contributed by atoms with van der Waals surface area (Å²) in [6.07, 6.45) is 1.19. The molecule has 0 aliphatic carbocycles. The van der Waals surface area contributed by atoms with Crippen molar-refractivity contribution >= 4 is 46.8 Å². The molecule has 0 radical (unpaired) electrons. The topological polar surface area (TPSA) is 57.6 Å². The molecule has 1 N–H and O–H groups in total. The quantitative estimate of drug-likeness (QED) is 0.846. The highest BCUT2D eigenvalue weighted by Gasteiger charge is 2.45. The first-order valence-electron chi connectivity index (χ1n) is 6.46. The van der Waals surface area contributed by atoms with Gasteiger partial charge in [-0.15, -0.1) is 11.8 Å². The molecule has 4 nitrogen and oxygen atoms in total. The first-order chi connectivity index (χ1) is 9.84. The Morgan fingerprint density at radius 3 is 2.81 bits per heavy atom. The predicted molar refractivity (Wildman–Crippen MR) is 84.2 cm³/mol. The van der Waals surface area contributed by atoms with Crippen molar-refractivity contribution in [3.63, 3.8) is 0 Å². The number of carboxylic acid groups (broad SMARTS) is 1. The highest BCUT2D eigenvalue weighted by atomic mass is 35.5. The number of carbonyl (C=O) groups is 2. The highest BCUT2D eigenvalue weighted by molar-refractivity contribution is 8.00. The lowest BCUT2D eigenvalue weighted by atomic mass is 9.99. The molecule has 1 heterocycles. The van der Waals surface area contributed by atoms with Crippen LogP contribution < -0.4 is 0 Å². The summed E-state index contributed by atoms with van der Waals surface area (Å²) < 4.78 is 0. The summed E-state index contributed by atoms with van der Waals surface area (Å²) in [6, 6.07) is 5.05. The van der Waals surface area contributed by atoms with Gasteiger partial charge in [-0.25, -0.2) is 4.79 Å². The Hall–Kier alpha value is -0.910. The number of likely N-dealkylation sites (tertiary alicyclic amines) is 1. The molecule has 1 aromatic rings. The number of rotatable bonds is 4. The van der Waals surface area contributed by atoms with Gasteiger partial charge in [-0.3, -0.25) is 4.79 Å². The molecule has 7 heteroatoms. The maximum absolute atomic E-state index is 12.3. The smallest absolute Gasteiger partial charge is 0.329 e. The normalized spacial score (nSPS) is 21.6. The van der Waals surface area contributed by atoms with Crippen LogP contribution in [0.4, 0.5) is 0 Å². The number of carboxylic acids is 1. The molecule has 0 bridgehead atoms. The number of halogens is 2. The molecule has 21 heavy (non-hydrogen) atoms. The van der Waals surface area contributed by atoms with E-state index in [0.29, 0.717) is 34.3 Å². The Morgan fingerprint density at radius 2 is 2.14 bits per heavy atom. The molecule has 1 aromatic carbocycles. The second kappa shape index (κ2) is 6.46. The van der Waals surface area contributed by atoms with Crippen molar-refractivity contribution in [3.05, 3.63) is 28.2 Å². The molecule has 1 atom stereocenters. The Labute approximate surface area is 137 Å². The average Bonchev–Trinajstić information content (AvgIpc) is 2.83. The number of carbonyl (C=O) groups excluding carboxylic acids is 1. The largest absolute Gasteiger partial charge is 0.480 e. The first-order valence-corrected chi connectivity index (χ1v) is 8.20. The Bertz CT molecular complexity index is 581. The van der Waals surface area contributed by atoms with Gasteiger partial charge in [-0.1, -0.05) is 23.2 Å². The van der Waals surface area contributed by atoms with E-state index in [1.54, 1.807) is 25.1 Å². The van der Waals surface area contributed by atoms with Gasteiger partial charge >= 0.3 is 5.97 Å². The van der Waals surface area contributed by atoms with E-state index in [0.717, 1.165) is 0 Å². The molecule has 114 valence electrons. The SMILES string of the molecule is CC1(C(=O)O)CCCN1C(=O)CSc1cc(Cl)ccc1Cl. The number of thioether (sulfide) groups is 1. The van der Waals surface area contributed by atoms with Crippen LogP contribution in [-0.4, -0.2) is 39.7 Å². The van der Waals surface area contributed by atoms with Crippen molar-refractivity contribution < 1.29 is 14.7 Å². The standard InChI is InChI=1S/C14H15Cl2NO3S/c1-14(13(19)20)5-2-6-17(14)12(18)8-21-11-7-9(15)3-4-10(11)16/h3-4,7H,2,5-6,8H2,1H3,(H,19,20). The molecule has 1 fully saturated rings. The van der Waals surface area contributed by atoms with Crippen LogP contribution in [0.1, 0.15) is 19.8 Å². The predicted octanol–water partition coefficient (Wildman–Crippen LogP) is 3.55. The zero-order valence-electron chi connectivity index (χ0n) is 11.4. The van der Waals surface area contributed by atoms with Crippen LogP contribution >= 0.6 is 35.0 Å². The van der Waals surface area contributed by atoms with Gasteiger partial charge in [0.1, 0.15) is 5.54 Å². The van der Waals surface area contributed by atoms with Gasteiger partial charge in [0.25, 0.3) is 0 Å². The van der Waals surface area contributed by atoms with E-state index in [1.807, 2.05) is 0 Å². The van der Waals surface area contributed by atoms with E-state index in [9.17, 15) is 14.7 Å². The zero-order chi connectivity index (χ0) is 15.6. The number of amides is 1. The van der Waals surface area contributed by atoms with Gasteiger partial charge in [0.05, 0.1) is 10.8 Å². The van der Waals surface area contributed by atoms with Crippen LogP contribution in [0.3, 0.4) is 0 Å². The lowest BCUT2D eigenvalue weighted by Gasteiger charge is -2.31. The van der Waals surface area contributed by atoms with E-state index >= 15 is 0 Å². The summed E-state index contributed by atoms with van der Waals surface area (Å²) >= 11 is 13.2. The number of hydrogen-bond acceptors (Lipinski definition) is 3. The monoisotopic (exact) mass is 347 g/mol. The summed E-state index contributed by atoms with van der Waals surface area (Å²) in [7, 11) is 0. The Kier molecular flexibility index (Phi) is 5.07. The highest BCUT2D eigenvalue weighted by Crippen LogP contribution is 2.33. The fourth-order valence-corrected chi connectivity index (χ4v) is 3.76. The minimum absolute atomic E-state index is 0.142. The summed E-state index contributed by atoms with van der Waals surface area (Å²) in [5, 5.41) is 10.4. The van der Waals surface area contributed by atoms with Gasteiger partial charge in [-0.05, 0) is 38.0 Å². The zero-order valence-corrected chi connectivity index (χ0v) is 13.8. The third-order valence-electron chi connectivity index (χ3n) is 3.65. The molecule has 1 saturated heterocycles. The van der Waals surface area contributed by atoms with E-state index in [1.165, 1.54) is 16.7 Å². The summed E-state index contributed by atoms with van der Waals surface area (Å²) in [4.78, 5) is 25.8. The van der Waals surface area contributed by atoms with Crippen LogP contribution in [0.15, 0.2) is 23.1 Å². The van der Waals surface area contributed by atoms with Crippen molar-refractivity contribution in [3.8, 4) is 0 Å². The van der Waals surface area contributed by atoms with E-state index in [2.05, 4.69) is 0 Å². The van der Waals surface area contributed by atoms with Crippen LogP contribution in [0.25, 0.3) is 0 Å². The van der Waals surface area contributed by atoms with Gasteiger partial charge in [0, 0.05) is 16.5 Å². The van der Waals surface area contributed by atoms with E-state index in [-0.39, 0.29) is 11.7 Å². The lowest BCUT2D eigenvalue weighted by molar-refractivity contribution is -0.154. The van der Waals surface area contributed by atoms with Crippen LogP contribution in [-0.2, 0) is 9.59 Å². The van der Waals surface area contributed by atoms with Crippen molar-refractivity contribution in [1.29, 1.82) is 0 Å². The van der Waals surface area contributed by atoms with Crippen molar-refractivity contribution in [2.75, 3.05) is 12.3 Å². The summed E-state index contributed by atoms with van der Waals surface area (Å²) in [5.41, 5.74) is -1.10. The second-order valence-corrected chi connectivity index (χ2v) is 6.95. The molecular weight excluding hydrogens is 333 g/mol. The maximum atomic E-state index is 12.3. The Morgan fingerprint density at radius 1 is 1.43 bits per heavy atom. The fraction of sp³-hybridized carbons (Fsp3) is 0.429. The van der Waals surface area contributed by atoms with E-state index < -0.39 is 11.5 Å². The van der Waals surface area contributed by atoms with Crippen LogP contribution in [0.2, 0.25) is 10.0 Å². The molecule has 1 amide bonds. The number of aliphatic carboxylic acids is 1. The summed E-state index contributed by atoms with van der Waals surface area (Å²) in [5.74, 6) is -1.01. The minimum atomic E-state index is -1.10. The molecule has 0 saturated carbocycles. The van der Waals surface area contributed by atoms with E-state index in [4.69, 9.17) is 23.2 Å². The molecule has 2 rings (SSSR count). The molecule has 1 aliphatic rings. The first kappa shape index (κ1) is 16.5. The molecule has 0 spiro atoms. The second-order valence-electron chi connectivity index (χ2n) is 5.09. The van der Waals surface area contributed by atoms with Crippen molar-refractivity contribution in [2.24, 2.45) is 0 Å². The molecule has 0 aromatic heterocycles. The summed E-state index contributed by atoms with van der Waals surface area (Å²) in [6.45, 7) is 2.07. The van der Waals surface area contributed by atoms with Crippen LogP contribution in [0, 0.1) is 0 Å². The van der Waals surface area contributed by atoms with Crippen molar-refractivity contribution in [1.82, 2.24) is 4.90 Å². The number of hydrogen-bond donors (Lipinski definition) is 1. The van der Waals surface area contributed by atoms with Gasteiger partial charge < -0.3 is 10.0 Å². The van der Waals surface area contributed by atoms with Crippen molar-refractivity contribution in [2.45, 2.75) is 30.2 Å². The molecule has 1 aliphatic heterocycles. The van der Waals surface area contributed by atoms with Crippen LogP contribution in [0.5, 0.6) is 0 Å². The molecular formula is C14H15Cl2NO3S. The Balaban J connectivity index is 2.05. The maximum Gasteiger partial charge on any atom is 0.329 e. The van der Waals surface area contributed by atoms with Gasteiger partial charge in [0.2, 0.25) is 5.91 Å². The minimum Gasteiger partial charge on any atom is -0.480 e. The van der Waals surface area contributed by atoms with Gasteiger partial charge in [-0.2, -0.15) is 0 Å². The lowest BCUT2D eigenvalue weighted by Crippen LogP contribution is -2.51. The third-order valence-corrected chi connectivity index (χ3v) is 5.36. The van der Waals surface area contributed by atoms with Gasteiger partial charge in [0.15, 0.2) is 0 Å². The number of nitrogens with zero attached hydrogens (tertiary/aromatic N) is 1. The third kappa shape index (κ3) is 3.47. The number of benzene rings is 1. The average molecular weight is 348 g/mol.